The molecular weight excluding hydrogens is 412 g/mol. The number of rotatable bonds is 9. The number of ether oxygens (including phenoxy) is 1. The van der Waals surface area contributed by atoms with Crippen LogP contribution in [0.4, 0.5) is 0 Å². The maximum atomic E-state index is 6.03. The molecule has 8 heteroatoms. The quantitative estimate of drug-likeness (QED) is 0.388. The highest BCUT2D eigenvalue weighted by Crippen LogP contribution is 2.16. The van der Waals surface area contributed by atoms with Gasteiger partial charge in [0.15, 0.2) is 5.96 Å². The molecule has 164 valence electrons. The van der Waals surface area contributed by atoms with Crippen LogP contribution in [0.5, 0.6) is 5.75 Å². The highest BCUT2D eigenvalue weighted by molar-refractivity contribution is 6.30. The zero-order valence-corrected chi connectivity index (χ0v) is 18.9. The first kappa shape index (κ1) is 22.6. The molecule has 1 aromatic heterocycles. The molecule has 0 amide bonds. The number of nitrogens with one attached hydrogen (secondary N) is 2. The molecule has 31 heavy (non-hydrogen) atoms. The zero-order valence-electron chi connectivity index (χ0n) is 18.2. The fourth-order valence-electron chi connectivity index (χ4n) is 3.13. The lowest BCUT2D eigenvalue weighted by Gasteiger charge is -2.19. The highest BCUT2D eigenvalue weighted by Gasteiger charge is 2.09. The van der Waals surface area contributed by atoms with Gasteiger partial charge in [-0.1, -0.05) is 42.8 Å². The van der Waals surface area contributed by atoms with Crippen molar-refractivity contribution in [2.75, 3.05) is 13.7 Å². The monoisotopic (exact) mass is 440 g/mol. The molecule has 2 aromatic carbocycles. The van der Waals surface area contributed by atoms with Crippen molar-refractivity contribution in [2.24, 2.45) is 4.99 Å². The maximum absolute atomic E-state index is 6.03. The molecule has 0 radical (unpaired) electrons. The Morgan fingerprint density at radius 3 is 2.58 bits per heavy atom. The van der Waals surface area contributed by atoms with Gasteiger partial charge in [-0.25, -0.2) is 4.99 Å². The molecule has 1 atom stereocenters. The lowest BCUT2D eigenvalue weighted by atomic mass is 10.1. The topological polar surface area (TPSA) is 76.4 Å². The molecule has 0 aliphatic rings. The Labute approximate surface area is 188 Å². The number of aliphatic imine (C=N–C) groups is 1. The van der Waals surface area contributed by atoms with Gasteiger partial charge in [-0.2, -0.15) is 0 Å². The van der Waals surface area contributed by atoms with E-state index in [-0.39, 0.29) is 6.04 Å². The van der Waals surface area contributed by atoms with Crippen LogP contribution in [0.2, 0.25) is 5.02 Å². The highest BCUT2D eigenvalue weighted by atomic mass is 35.5. The van der Waals surface area contributed by atoms with Crippen LogP contribution in [0.25, 0.3) is 0 Å². The van der Waals surface area contributed by atoms with Crippen molar-refractivity contribution in [2.45, 2.75) is 39.4 Å². The second kappa shape index (κ2) is 11.4. The third-order valence-electron chi connectivity index (χ3n) is 4.96. The third kappa shape index (κ3) is 6.72. The minimum atomic E-state index is 0.0699. The Morgan fingerprint density at radius 2 is 1.90 bits per heavy atom. The largest absolute Gasteiger partial charge is 0.497 e. The molecule has 0 fully saturated rings. The van der Waals surface area contributed by atoms with Gasteiger partial charge in [-0.15, -0.1) is 10.2 Å². The third-order valence-corrected chi connectivity index (χ3v) is 5.21. The van der Waals surface area contributed by atoms with Crippen LogP contribution < -0.4 is 15.4 Å². The molecule has 0 saturated carbocycles. The van der Waals surface area contributed by atoms with Crippen molar-refractivity contribution in [1.82, 2.24) is 25.4 Å². The summed E-state index contributed by atoms with van der Waals surface area (Å²) in [5.41, 5.74) is 2.24. The first-order chi connectivity index (χ1) is 15.1. The number of benzene rings is 2. The van der Waals surface area contributed by atoms with Gasteiger partial charge in [0.05, 0.1) is 19.7 Å². The Morgan fingerprint density at radius 1 is 1.16 bits per heavy atom. The van der Waals surface area contributed by atoms with E-state index in [1.54, 1.807) is 13.4 Å². The van der Waals surface area contributed by atoms with E-state index < -0.39 is 0 Å². The van der Waals surface area contributed by atoms with E-state index in [2.05, 4.69) is 39.2 Å². The van der Waals surface area contributed by atoms with E-state index in [0.717, 1.165) is 46.6 Å². The normalized spacial score (nSPS) is 12.5. The minimum absolute atomic E-state index is 0.0699. The lowest BCUT2D eigenvalue weighted by molar-refractivity contribution is 0.414. The fourth-order valence-corrected chi connectivity index (χ4v) is 3.25. The SMILES string of the molecule is CCc1nncn1CCNC(=NCc1ccc(OC)cc1)NC(C)c1ccc(Cl)cc1. The summed E-state index contributed by atoms with van der Waals surface area (Å²) in [7, 11) is 1.66. The number of hydrogen-bond donors (Lipinski definition) is 2. The van der Waals surface area contributed by atoms with Crippen LogP contribution in [-0.4, -0.2) is 34.4 Å². The fraction of sp³-hybridized carbons (Fsp3) is 0.348. The molecule has 1 heterocycles. The molecule has 0 spiro atoms. The number of hydrogen-bond acceptors (Lipinski definition) is 4. The smallest absolute Gasteiger partial charge is 0.192 e. The van der Waals surface area contributed by atoms with Crippen LogP contribution >= 0.6 is 11.6 Å². The van der Waals surface area contributed by atoms with E-state index in [1.165, 1.54) is 0 Å². The van der Waals surface area contributed by atoms with Crippen molar-refractivity contribution in [1.29, 1.82) is 0 Å². The Kier molecular flexibility index (Phi) is 8.29. The average Bonchev–Trinajstić information content (AvgIpc) is 3.25. The lowest BCUT2D eigenvalue weighted by Crippen LogP contribution is -2.40. The van der Waals surface area contributed by atoms with Crippen LogP contribution in [0.15, 0.2) is 59.9 Å². The van der Waals surface area contributed by atoms with Gasteiger partial charge in [-0.05, 0) is 42.3 Å². The molecular formula is C23H29ClN6O. The summed E-state index contributed by atoms with van der Waals surface area (Å²) in [4.78, 5) is 4.78. The van der Waals surface area contributed by atoms with E-state index in [4.69, 9.17) is 21.3 Å². The molecule has 2 N–H and O–H groups in total. The molecule has 0 aliphatic carbocycles. The molecule has 0 aliphatic heterocycles. The standard InChI is InChI=1S/C23H29ClN6O/c1-4-22-29-27-16-30(22)14-13-25-23(26-15-18-5-11-21(31-3)12-6-18)28-17(2)19-7-9-20(24)10-8-19/h5-12,16-17H,4,13-15H2,1-3H3,(H2,25,26,28). The van der Waals surface area contributed by atoms with Crippen molar-refractivity contribution in [3.8, 4) is 5.75 Å². The van der Waals surface area contributed by atoms with Crippen molar-refractivity contribution >= 4 is 17.6 Å². The molecule has 1 unspecified atom stereocenters. The number of aryl methyl sites for hydroxylation is 1. The van der Waals surface area contributed by atoms with Crippen LogP contribution in [0, 0.1) is 0 Å². The summed E-state index contributed by atoms with van der Waals surface area (Å²) in [5.74, 6) is 2.55. The summed E-state index contributed by atoms with van der Waals surface area (Å²) in [5, 5.41) is 15.8. The second-order valence-corrected chi connectivity index (χ2v) is 7.59. The van der Waals surface area contributed by atoms with Crippen LogP contribution in [-0.2, 0) is 19.5 Å². The van der Waals surface area contributed by atoms with Crippen LogP contribution in [0.3, 0.4) is 0 Å². The van der Waals surface area contributed by atoms with E-state index in [0.29, 0.717) is 13.1 Å². The molecule has 0 bridgehead atoms. The van der Waals surface area contributed by atoms with Gasteiger partial charge in [0, 0.05) is 24.5 Å². The van der Waals surface area contributed by atoms with Crippen molar-refractivity contribution in [3.63, 3.8) is 0 Å². The predicted octanol–water partition coefficient (Wildman–Crippen LogP) is 4.00. The summed E-state index contributed by atoms with van der Waals surface area (Å²) in [6, 6.07) is 15.8. The van der Waals surface area contributed by atoms with E-state index >= 15 is 0 Å². The van der Waals surface area contributed by atoms with Gasteiger partial charge in [0.2, 0.25) is 0 Å². The first-order valence-corrected chi connectivity index (χ1v) is 10.8. The van der Waals surface area contributed by atoms with Crippen molar-refractivity contribution in [3.05, 3.63) is 76.8 Å². The van der Waals surface area contributed by atoms with E-state index in [1.807, 2.05) is 48.5 Å². The minimum Gasteiger partial charge on any atom is -0.497 e. The van der Waals surface area contributed by atoms with Gasteiger partial charge < -0.3 is 19.9 Å². The van der Waals surface area contributed by atoms with Gasteiger partial charge >= 0.3 is 0 Å². The Balaban J connectivity index is 1.67. The average molecular weight is 441 g/mol. The number of guanidine groups is 1. The first-order valence-electron chi connectivity index (χ1n) is 10.4. The summed E-state index contributed by atoms with van der Waals surface area (Å²) in [6.07, 6.45) is 2.61. The molecule has 0 saturated heterocycles. The molecule has 3 rings (SSSR count). The number of aromatic nitrogens is 3. The maximum Gasteiger partial charge on any atom is 0.192 e. The second-order valence-electron chi connectivity index (χ2n) is 7.15. The summed E-state index contributed by atoms with van der Waals surface area (Å²) >= 11 is 6.03. The van der Waals surface area contributed by atoms with E-state index in [9.17, 15) is 0 Å². The van der Waals surface area contributed by atoms with Gasteiger partial charge in [0.1, 0.15) is 17.9 Å². The predicted molar refractivity (Wildman–Crippen MR) is 125 cm³/mol. The summed E-state index contributed by atoms with van der Waals surface area (Å²) in [6.45, 7) is 6.19. The molecule has 3 aromatic rings. The Bertz CT molecular complexity index is 968. The van der Waals surface area contributed by atoms with Gasteiger partial charge in [0.25, 0.3) is 0 Å². The number of methoxy groups -OCH3 is 1. The number of halogens is 1. The number of nitrogens with zero attached hydrogens (tertiary/aromatic N) is 4. The van der Waals surface area contributed by atoms with Crippen molar-refractivity contribution < 1.29 is 4.74 Å². The van der Waals surface area contributed by atoms with Crippen LogP contribution in [0.1, 0.15) is 36.8 Å². The zero-order chi connectivity index (χ0) is 22.1. The summed E-state index contributed by atoms with van der Waals surface area (Å²) < 4.78 is 7.28. The molecule has 7 nitrogen and oxygen atoms in total. The Hall–Kier alpha value is -3.06. The van der Waals surface area contributed by atoms with Gasteiger partial charge in [-0.3, -0.25) is 0 Å².